The molecule has 19 heavy (non-hydrogen) atoms. The summed E-state index contributed by atoms with van der Waals surface area (Å²) in [5.74, 6) is 0. The van der Waals surface area contributed by atoms with Crippen LogP contribution in [0.15, 0.2) is 24.4 Å². The average Bonchev–Trinajstić information content (AvgIpc) is 2.39. The minimum atomic E-state index is -3.04. The first-order valence-corrected chi connectivity index (χ1v) is 8.44. The molecule has 0 saturated carbocycles. The highest BCUT2D eigenvalue weighted by atomic mass is 32.2. The van der Waals surface area contributed by atoms with Crippen molar-refractivity contribution in [2.45, 2.75) is 31.8 Å². The normalized spacial score (nSPS) is 20.3. The lowest BCUT2D eigenvalue weighted by atomic mass is 10.0. The largest absolute Gasteiger partial charge is 0.306 e. The van der Waals surface area contributed by atoms with Crippen LogP contribution in [-0.2, 0) is 10.0 Å². The fraction of sp³-hybridized carbons (Fsp3) is 0.615. The summed E-state index contributed by atoms with van der Waals surface area (Å²) in [7, 11) is -3.04. The van der Waals surface area contributed by atoms with Crippen molar-refractivity contribution in [2.24, 2.45) is 0 Å². The van der Waals surface area contributed by atoms with Crippen molar-refractivity contribution < 1.29 is 8.42 Å². The zero-order chi connectivity index (χ0) is 13.9. The summed E-state index contributed by atoms with van der Waals surface area (Å²) in [6, 6.07) is 6.43. The van der Waals surface area contributed by atoms with Gasteiger partial charge in [-0.1, -0.05) is 6.07 Å². The molecular formula is C13H21N3O2S. The van der Waals surface area contributed by atoms with Crippen LogP contribution in [0, 0.1) is 0 Å². The summed E-state index contributed by atoms with van der Waals surface area (Å²) >= 11 is 0. The summed E-state index contributed by atoms with van der Waals surface area (Å²) < 4.78 is 24.4. The molecule has 0 aromatic carbocycles. The lowest BCUT2D eigenvalue weighted by Crippen LogP contribution is -2.45. The topological polar surface area (TPSA) is 62.3 Å². The fourth-order valence-electron chi connectivity index (χ4n) is 2.43. The zero-order valence-electron chi connectivity index (χ0n) is 11.4. The van der Waals surface area contributed by atoms with Crippen LogP contribution in [0.4, 0.5) is 0 Å². The molecule has 1 unspecified atom stereocenters. The lowest BCUT2D eigenvalue weighted by molar-refractivity contribution is 0.277. The number of piperidine rings is 1. The maximum atomic E-state index is 11.4. The fourth-order valence-corrected chi connectivity index (χ4v) is 3.30. The van der Waals surface area contributed by atoms with Gasteiger partial charge < -0.3 is 5.32 Å². The predicted octanol–water partition coefficient (Wildman–Crippen LogP) is 1.16. The van der Waals surface area contributed by atoms with E-state index in [4.69, 9.17) is 0 Å². The van der Waals surface area contributed by atoms with Gasteiger partial charge in [-0.25, -0.2) is 12.7 Å². The lowest BCUT2D eigenvalue weighted by Gasteiger charge is -2.32. The molecule has 1 aliphatic heterocycles. The van der Waals surface area contributed by atoms with Gasteiger partial charge in [0.1, 0.15) is 0 Å². The number of hydrogen-bond donors (Lipinski definition) is 1. The Morgan fingerprint density at radius 2 is 2.05 bits per heavy atom. The monoisotopic (exact) mass is 283 g/mol. The van der Waals surface area contributed by atoms with E-state index in [1.165, 1.54) is 6.26 Å². The summed E-state index contributed by atoms with van der Waals surface area (Å²) in [6.45, 7) is 3.29. The third-order valence-corrected chi connectivity index (χ3v) is 4.84. The maximum absolute atomic E-state index is 11.4. The Morgan fingerprint density at radius 3 is 2.58 bits per heavy atom. The first kappa shape index (κ1) is 14.4. The molecular weight excluding hydrogens is 262 g/mol. The standard InChI is InChI=1S/C13H21N3O2S/c1-11(13-5-3-4-8-14-13)15-12-6-9-16(10-7-12)19(2,17)18/h3-5,8,11-12,15H,6-7,9-10H2,1-2H3. The summed E-state index contributed by atoms with van der Waals surface area (Å²) in [6.07, 6.45) is 4.77. The second-order valence-electron chi connectivity index (χ2n) is 5.08. The third kappa shape index (κ3) is 3.99. The van der Waals surface area contributed by atoms with Gasteiger partial charge in [0.2, 0.25) is 10.0 Å². The van der Waals surface area contributed by atoms with Crippen molar-refractivity contribution in [3.05, 3.63) is 30.1 Å². The van der Waals surface area contributed by atoms with Crippen LogP contribution in [0.3, 0.4) is 0 Å². The number of sulfonamides is 1. The maximum Gasteiger partial charge on any atom is 0.211 e. The minimum absolute atomic E-state index is 0.191. The van der Waals surface area contributed by atoms with Crippen LogP contribution in [0.2, 0.25) is 0 Å². The number of pyridine rings is 1. The van der Waals surface area contributed by atoms with Crippen LogP contribution in [0.25, 0.3) is 0 Å². The molecule has 0 amide bonds. The van der Waals surface area contributed by atoms with Gasteiger partial charge in [-0.3, -0.25) is 4.98 Å². The molecule has 2 rings (SSSR count). The van der Waals surface area contributed by atoms with E-state index in [9.17, 15) is 8.42 Å². The van der Waals surface area contributed by atoms with Gasteiger partial charge >= 0.3 is 0 Å². The number of hydrogen-bond acceptors (Lipinski definition) is 4. The van der Waals surface area contributed by atoms with E-state index in [0.29, 0.717) is 19.1 Å². The van der Waals surface area contributed by atoms with E-state index in [0.717, 1.165) is 18.5 Å². The molecule has 5 nitrogen and oxygen atoms in total. The zero-order valence-corrected chi connectivity index (χ0v) is 12.2. The molecule has 0 spiro atoms. The first-order valence-electron chi connectivity index (χ1n) is 6.59. The van der Waals surface area contributed by atoms with Crippen LogP contribution in [0.5, 0.6) is 0 Å². The second-order valence-corrected chi connectivity index (χ2v) is 7.06. The molecule has 1 saturated heterocycles. The second kappa shape index (κ2) is 5.98. The van der Waals surface area contributed by atoms with Crippen LogP contribution in [-0.4, -0.2) is 43.1 Å². The van der Waals surface area contributed by atoms with Crippen molar-refractivity contribution in [3.63, 3.8) is 0 Å². The average molecular weight is 283 g/mol. The Morgan fingerprint density at radius 1 is 1.37 bits per heavy atom. The highest BCUT2D eigenvalue weighted by molar-refractivity contribution is 7.88. The molecule has 2 heterocycles. The van der Waals surface area contributed by atoms with Gasteiger partial charge in [0, 0.05) is 31.4 Å². The van der Waals surface area contributed by atoms with Gasteiger partial charge in [-0.15, -0.1) is 0 Å². The van der Waals surface area contributed by atoms with E-state index in [1.807, 2.05) is 18.2 Å². The van der Waals surface area contributed by atoms with E-state index in [-0.39, 0.29) is 6.04 Å². The van der Waals surface area contributed by atoms with Gasteiger partial charge in [0.15, 0.2) is 0 Å². The van der Waals surface area contributed by atoms with Crippen molar-refractivity contribution >= 4 is 10.0 Å². The number of aromatic nitrogens is 1. The number of nitrogens with zero attached hydrogens (tertiary/aromatic N) is 2. The van der Waals surface area contributed by atoms with Crippen LogP contribution < -0.4 is 5.32 Å². The highest BCUT2D eigenvalue weighted by Gasteiger charge is 2.25. The Hall–Kier alpha value is -0.980. The number of rotatable bonds is 4. The van der Waals surface area contributed by atoms with E-state index < -0.39 is 10.0 Å². The Bertz CT molecular complexity index is 496. The molecule has 1 N–H and O–H groups in total. The van der Waals surface area contributed by atoms with Gasteiger partial charge in [0.25, 0.3) is 0 Å². The molecule has 0 radical (unpaired) electrons. The van der Waals surface area contributed by atoms with Crippen molar-refractivity contribution in [1.29, 1.82) is 0 Å². The quantitative estimate of drug-likeness (QED) is 0.900. The molecule has 0 bridgehead atoms. The molecule has 1 aromatic heterocycles. The van der Waals surface area contributed by atoms with Crippen molar-refractivity contribution in [2.75, 3.05) is 19.3 Å². The predicted molar refractivity (Wildman–Crippen MR) is 75.2 cm³/mol. The molecule has 1 atom stereocenters. The van der Waals surface area contributed by atoms with E-state index >= 15 is 0 Å². The van der Waals surface area contributed by atoms with Crippen LogP contribution >= 0.6 is 0 Å². The molecule has 1 aliphatic rings. The Balaban J connectivity index is 1.86. The molecule has 1 aromatic rings. The summed E-state index contributed by atoms with van der Waals surface area (Å²) in [5, 5.41) is 3.52. The van der Waals surface area contributed by atoms with E-state index in [1.54, 1.807) is 10.5 Å². The SMILES string of the molecule is CC(NC1CCN(S(C)(=O)=O)CC1)c1ccccn1. The van der Waals surface area contributed by atoms with Crippen LogP contribution in [0.1, 0.15) is 31.5 Å². The summed E-state index contributed by atoms with van der Waals surface area (Å²) in [4.78, 5) is 4.33. The van der Waals surface area contributed by atoms with Gasteiger partial charge in [-0.05, 0) is 31.9 Å². The van der Waals surface area contributed by atoms with Crippen molar-refractivity contribution in [3.8, 4) is 0 Å². The molecule has 0 aliphatic carbocycles. The third-order valence-electron chi connectivity index (χ3n) is 3.54. The van der Waals surface area contributed by atoms with Gasteiger partial charge in [-0.2, -0.15) is 0 Å². The highest BCUT2D eigenvalue weighted by Crippen LogP contribution is 2.17. The first-order chi connectivity index (χ1) is 8.97. The molecule has 1 fully saturated rings. The Kier molecular flexibility index (Phi) is 4.54. The van der Waals surface area contributed by atoms with Gasteiger partial charge in [0.05, 0.1) is 11.9 Å². The van der Waals surface area contributed by atoms with Crippen molar-refractivity contribution in [1.82, 2.24) is 14.6 Å². The number of nitrogens with one attached hydrogen (secondary N) is 1. The molecule has 6 heteroatoms. The smallest absolute Gasteiger partial charge is 0.211 e. The Labute approximate surface area is 115 Å². The summed E-state index contributed by atoms with van der Waals surface area (Å²) in [5.41, 5.74) is 1.02. The minimum Gasteiger partial charge on any atom is -0.306 e. The van der Waals surface area contributed by atoms with E-state index in [2.05, 4.69) is 17.2 Å². The molecule has 106 valence electrons.